The molecule has 0 unspecified atom stereocenters. The number of nitrogens with zero attached hydrogens (tertiary/aromatic N) is 1. The average molecular weight is 166 g/mol. The summed E-state index contributed by atoms with van der Waals surface area (Å²) in [6, 6.07) is 0.458. The summed E-state index contributed by atoms with van der Waals surface area (Å²) < 4.78 is 7.10. The summed E-state index contributed by atoms with van der Waals surface area (Å²) in [5.41, 5.74) is 2.10. The lowest BCUT2D eigenvalue weighted by atomic mass is 10.4. The number of hydrogen-bond acceptors (Lipinski definition) is 2. The highest BCUT2D eigenvalue weighted by molar-refractivity contribution is 5.16. The van der Waals surface area contributed by atoms with Gasteiger partial charge in [-0.25, -0.2) is 4.79 Å². The number of ether oxygens (including phenoxy) is 1. The molecule has 0 atom stereocenters. The minimum atomic E-state index is 0.0470. The van der Waals surface area contributed by atoms with E-state index in [9.17, 15) is 4.79 Å². The fraction of sp³-hybridized carbons (Fsp3) is 0.625. The Labute approximate surface area is 69.2 Å². The van der Waals surface area contributed by atoms with Crippen molar-refractivity contribution < 1.29 is 4.74 Å². The van der Waals surface area contributed by atoms with E-state index in [1.54, 1.807) is 0 Å². The molecule has 0 radical (unpaired) electrons. The maximum atomic E-state index is 11.4. The van der Waals surface area contributed by atoms with Gasteiger partial charge in [0, 0.05) is 6.04 Å². The van der Waals surface area contributed by atoms with Crippen LogP contribution in [0.15, 0.2) is 4.79 Å². The van der Waals surface area contributed by atoms with Gasteiger partial charge in [-0.3, -0.25) is 4.57 Å². The van der Waals surface area contributed by atoms with Crippen molar-refractivity contribution >= 4 is 0 Å². The van der Waals surface area contributed by atoms with Crippen molar-refractivity contribution in [3.05, 3.63) is 21.9 Å². The molecule has 0 bridgehead atoms. The maximum Gasteiger partial charge on any atom is 0.326 e. The van der Waals surface area contributed by atoms with Crippen molar-refractivity contribution in [2.75, 3.05) is 0 Å². The third-order valence-corrected chi connectivity index (χ3v) is 2.51. The van der Waals surface area contributed by atoms with Gasteiger partial charge in [-0.2, -0.15) is 0 Å². The highest BCUT2D eigenvalue weighted by Gasteiger charge is 2.31. The third kappa shape index (κ3) is 0.728. The molecule has 0 spiro atoms. The maximum absolute atomic E-state index is 11.4. The predicted molar refractivity (Wildman–Crippen MR) is 41.8 cm³/mol. The lowest BCUT2D eigenvalue weighted by molar-refractivity contribution is 0.128. The van der Waals surface area contributed by atoms with Crippen molar-refractivity contribution in [1.82, 2.24) is 9.55 Å². The average Bonchev–Trinajstić information content (AvgIpc) is 2.66. The van der Waals surface area contributed by atoms with E-state index < -0.39 is 0 Å². The summed E-state index contributed by atoms with van der Waals surface area (Å²) in [6.45, 7) is 1.18. The monoisotopic (exact) mass is 166 g/mol. The van der Waals surface area contributed by atoms with E-state index in [0.29, 0.717) is 19.3 Å². The quantitative estimate of drug-likeness (QED) is 0.662. The number of imidazole rings is 1. The molecule has 64 valence electrons. The normalized spacial score (nSPS) is 21.3. The highest BCUT2D eigenvalue weighted by Crippen LogP contribution is 2.36. The third-order valence-electron chi connectivity index (χ3n) is 2.51. The Morgan fingerprint density at radius 1 is 1.42 bits per heavy atom. The van der Waals surface area contributed by atoms with Gasteiger partial charge in [0.05, 0.1) is 24.6 Å². The van der Waals surface area contributed by atoms with E-state index in [0.717, 1.165) is 24.2 Å². The van der Waals surface area contributed by atoms with Crippen molar-refractivity contribution in [2.24, 2.45) is 0 Å². The predicted octanol–water partition coefficient (Wildman–Crippen LogP) is 0.541. The van der Waals surface area contributed by atoms with Crippen LogP contribution in [0.25, 0.3) is 0 Å². The smallest absolute Gasteiger partial charge is 0.326 e. The van der Waals surface area contributed by atoms with E-state index in [-0.39, 0.29) is 5.69 Å². The Hall–Kier alpha value is -1.03. The van der Waals surface area contributed by atoms with Gasteiger partial charge in [0.15, 0.2) is 0 Å². The minimum Gasteiger partial charge on any atom is -0.369 e. The number of nitrogens with one attached hydrogen (secondary N) is 1. The molecule has 3 rings (SSSR count). The van der Waals surface area contributed by atoms with Crippen molar-refractivity contribution in [2.45, 2.75) is 32.1 Å². The van der Waals surface area contributed by atoms with Crippen LogP contribution in [0.3, 0.4) is 0 Å². The first kappa shape index (κ1) is 6.48. The molecule has 12 heavy (non-hydrogen) atoms. The zero-order valence-electron chi connectivity index (χ0n) is 6.67. The van der Waals surface area contributed by atoms with Gasteiger partial charge < -0.3 is 9.72 Å². The van der Waals surface area contributed by atoms with Crippen molar-refractivity contribution in [3.8, 4) is 0 Å². The van der Waals surface area contributed by atoms with Gasteiger partial charge in [-0.1, -0.05) is 0 Å². The second kappa shape index (κ2) is 2.01. The minimum absolute atomic E-state index is 0.0470. The van der Waals surface area contributed by atoms with Crippen molar-refractivity contribution in [1.29, 1.82) is 0 Å². The standard InChI is InChI=1S/C8H10N2O2/c11-8-9-6-3-12-4-7(6)10(8)5-1-2-5/h5H,1-4H2,(H,9,11). The van der Waals surface area contributed by atoms with E-state index >= 15 is 0 Å². The van der Waals surface area contributed by atoms with Crippen LogP contribution in [0.5, 0.6) is 0 Å². The molecule has 1 aliphatic heterocycles. The van der Waals surface area contributed by atoms with Gasteiger partial charge >= 0.3 is 5.69 Å². The lowest BCUT2D eigenvalue weighted by Gasteiger charge is -1.99. The molecular weight excluding hydrogens is 156 g/mol. The number of rotatable bonds is 1. The summed E-state index contributed by atoms with van der Waals surface area (Å²) in [4.78, 5) is 14.2. The SMILES string of the molecule is O=c1[nH]c2c(n1C1CC1)COC2. The van der Waals surface area contributed by atoms with Crippen LogP contribution in [-0.4, -0.2) is 9.55 Å². The summed E-state index contributed by atoms with van der Waals surface area (Å²) in [7, 11) is 0. The zero-order valence-corrected chi connectivity index (χ0v) is 6.67. The number of hydrogen-bond donors (Lipinski definition) is 1. The molecule has 1 saturated carbocycles. The van der Waals surface area contributed by atoms with E-state index in [1.165, 1.54) is 0 Å². The molecular formula is C8H10N2O2. The van der Waals surface area contributed by atoms with Gasteiger partial charge in [0.25, 0.3) is 0 Å². The molecule has 0 aromatic carbocycles. The van der Waals surface area contributed by atoms with E-state index in [4.69, 9.17) is 4.74 Å². The number of H-pyrrole nitrogens is 1. The molecule has 1 N–H and O–H groups in total. The zero-order chi connectivity index (χ0) is 8.13. The fourth-order valence-corrected chi connectivity index (χ4v) is 1.77. The summed E-state index contributed by atoms with van der Waals surface area (Å²) in [5, 5.41) is 0. The van der Waals surface area contributed by atoms with Gasteiger partial charge in [0.1, 0.15) is 0 Å². The van der Waals surface area contributed by atoms with Crippen LogP contribution in [0.4, 0.5) is 0 Å². The molecule has 4 heteroatoms. The molecule has 1 aliphatic carbocycles. The lowest BCUT2D eigenvalue weighted by Crippen LogP contribution is -2.17. The van der Waals surface area contributed by atoms with Crippen LogP contribution in [0, 0.1) is 0 Å². The molecule has 2 aliphatic rings. The van der Waals surface area contributed by atoms with Gasteiger partial charge in [-0.15, -0.1) is 0 Å². The summed E-state index contributed by atoms with van der Waals surface area (Å²) >= 11 is 0. The number of fused-ring (bicyclic) bond motifs is 1. The first-order valence-corrected chi connectivity index (χ1v) is 4.26. The largest absolute Gasteiger partial charge is 0.369 e. The molecule has 1 aromatic heterocycles. The second-order valence-corrected chi connectivity index (χ2v) is 3.45. The van der Waals surface area contributed by atoms with Crippen LogP contribution in [-0.2, 0) is 18.0 Å². The highest BCUT2D eigenvalue weighted by atomic mass is 16.5. The van der Waals surface area contributed by atoms with Crippen molar-refractivity contribution in [3.63, 3.8) is 0 Å². The second-order valence-electron chi connectivity index (χ2n) is 3.45. The summed E-state index contributed by atoms with van der Waals surface area (Å²) in [6.07, 6.45) is 2.29. The van der Waals surface area contributed by atoms with Crippen LogP contribution < -0.4 is 5.69 Å². The number of aromatic amines is 1. The Morgan fingerprint density at radius 3 is 3.00 bits per heavy atom. The molecule has 4 nitrogen and oxygen atoms in total. The first-order chi connectivity index (χ1) is 5.86. The molecule has 0 saturated heterocycles. The molecule has 1 fully saturated rings. The Morgan fingerprint density at radius 2 is 2.25 bits per heavy atom. The van der Waals surface area contributed by atoms with Crippen LogP contribution >= 0.6 is 0 Å². The Kier molecular flexibility index (Phi) is 1.09. The van der Waals surface area contributed by atoms with Gasteiger partial charge in [-0.05, 0) is 12.8 Å². The van der Waals surface area contributed by atoms with Crippen LogP contribution in [0.2, 0.25) is 0 Å². The summed E-state index contributed by atoms with van der Waals surface area (Å²) in [5.74, 6) is 0. The van der Waals surface area contributed by atoms with Crippen LogP contribution in [0.1, 0.15) is 30.3 Å². The number of aromatic nitrogens is 2. The molecule has 1 aromatic rings. The topological polar surface area (TPSA) is 47.0 Å². The van der Waals surface area contributed by atoms with Gasteiger partial charge in [0.2, 0.25) is 0 Å². The molecule has 0 amide bonds. The van der Waals surface area contributed by atoms with E-state index in [1.807, 2.05) is 4.57 Å². The Balaban J connectivity index is 2.21. The fourth-order valence-electron chi connectivity index (χ4n) is 1.77. The first-order valence-electron chi connectivity index (χ1n) is 4.26. The molecule has 2 heterocycles. The van der Waals surface area contributed by atoms with E-state index in [2.05, 4.69) is 4.98 Å². The Bertz CT molecular complexity index is 373.